The Morgan fingerprint density at radius 1 is 1.24 bits per heavy atom. The van der Waals surface area contributed by atoms with Crippen LogP contribution in [-0.2, 0) is 17.3 Å². The predicted molar refractivity (Wildman–Crippen MR) is 73.6 cm³/mol. The molecular weight excluding hydrogens is 283 g/mol. The van der Waals surface area contributed by atoms with E-state index in [1.807, 2.05) is 0 Å². The molecule has 118 valence electrons. The first kappa shape index (κ1) is 16.1. The van der Waals surface area contributed by atoms with Gasteiger partial charge in [0.25, 0.3) is 0 Å². The second kappa shape index (κ2) is 7.13. The quantitative estimate of drug-likeness (QED) is 0.835. The average Bonchev–Trinajstić information content (AvgIpc) is 2.47. The third-order valence-electron chi connectivity index (χ3n) is 3.66. The molecule has 2 rings (SSSR count). The highest BCUT2D eigenvalue weighted by atomic mass is 19.4. The number of methoxy groups -OCH3 is 1. The zero-order chi connectivity index (χ0) is 15.3. The molecular formula is C15H20F3NO2. The van der Waals surface area contributed by atoms with Gasteiger partial charge in [-0.15, -0.1) is 0 Å². The van der Waals surface area contributed by atoms with Crippen molar-refractivity contribution in [1.82, 2.24) is 4.90 Å². The molecule has 1 aliphatic rings. The van der Waals surface area contributed by atoms with Crippen molar-refractivity contribution in [3.8, 4) is 5.75 Å². The van der Waals surface area contributed by atoms with E-state index in [1.54, 1.807) is 6.07 Å². The first-order valence-corrected chi connectivity index (χ1v) is 7.05. The van der Waals surface area contributed by atoms with E-state index in [4.69, 9.17) is 9.47 Å². The van der Waals surface area contributed by atoms with Crippen LogP contribution in [0.2, 0.25) is 0 Å². The van der Waals surface area contributed by atoms with Crippen molar-refractivity contribution in [2.75, 3.05) is 40.0 Å². The summed E-state index contributed by atoms with van der Waals surface area (Å²) >= 11 is 0. The molecule has 0 bridgehead atoms. The number of hydrogen-bond acceptors (Lipinski definition) is 3. The minimum absolute atomic E-state index is 0.251. The van der Waals surface area contributed by atoms with Gasteiger partial charge < -0.3 is 9.47 Å². The summed E-state index contributed by atoms with van der Waals surface area (Å²) in [4.78, 5) is 2.21. The summed E-state index contributed by atoms with van der Waals surface area (Å²) in [5.41, 5.74) is -0.343. The van der Waals surface area contributed by atoms with E-state index < -0.39 is 11.7 Å². The summed E-state index contributed by atoms with van der Waals surface area (Å²) < 4.78 is 49.5. The van der Waals surface area contributed by atoms with E-state index in [9.17, 15) is 13.2 Å². The Labute approximate surface area is 122 Å². The SMILES string of the molecule is COc1cccc(C(F)(F)F)c1CCCN1CCOCC1. The number of nitrogens with zero attached hydrogens (tertiary/aromatic N) is 1. The summed E-state index contributed by atoms with van der Waals surface area (Å²) in [7, 11) is 1.40. The maximum Gasteiger partial charge on any atom is 0.416 e. The molecule has 0 radical (unpaired) electrons. The lowest BCUT2D eigenvalue weighted by atomic mass is 10.0. The summed E-state index contributed by atoms with van der Waals surface area (Å²) in [6, 6.07) is 4.08. The lowest BCUT2D eigenvalue weighted by Gasteiger charge is -2.26. The maximum absolute atomic E-state index is 13.1. The first-order valence-electron chi connectivity index (χ1n) is 7.05. The van der Waals surface area contributed by atoms with E-state index in [-0.39, 0.29) is 5.56 Å². The van der Waals surface area contributed by atoms with Crippen LogP contribution in [0.15, 0.2) is 18.2 Å². The van der Waals surface area contributed by atoms with E-state index in [1.165, 1.54) is 13.2 Å². The van der Waals surface area contributed by atoms with Gasteiger partial charge in [0, 0.05) is 18.7 Å². The van der Waals surface area contributed by atoms with Crippen LogP contribution < -0.4 is 4.74 Å². The van der Waals surface area contributed by atoms with Gasteiger partial charge in [-0.2, -0.15) is 13.2 Å². The van der Waals surface area contributed by atoms with Gasteiger partial charge in [0.15, 0.2) is 0 Å². The Morgan fingerprint density at radius 3 is 2.57 bits per heavy atom. The van der Waals surface area contributed by atoms with Gasteiger partial charge in [0.1, 0.15) is 5.75 Å². The van der Waals surface area contributed by atoms with Crippen LogP contribution in [0.1, 0.15) is 17.5 Å². The number of hydrogen-bond donors (Lipinski definition) is 0. The molecule has 1 aromatic rings. The summed E-state index contributed by atoms with van der Waals surface area (Å²) in [6.45, 7) is 3.86. The van der Waals surface area contributed by atoms with Crippen LogP contribution in [-0.4, -0.2) is 44.9 Å². The topological polar surface area (TPSA) is 21.7 Å². The van der Waals surface area contributed by atoms with Crippen LogP contribution in [0.25, 0.3) is 0 Å². The fraction of sp³-hybridized carbons (Fsp3) is 0.600. The van der Waals surface area contributed by atoms with E-state index in [0.29, 0.717) is 31.8 Å². The number of rotatable bonds is 5. The van der Waals surface area contributed by atoms with Gasteiger partial charge in [0.2, 0.25) is 0 Å². The monoisotopic (exact) mass is 303 g/mol. The largest absolute Gasteiger partial charge is 0.496 e. The number of benzene rings is 1. The van der Waals surface area contributed by atoms with Crippen molar-refractivity contribution in [1.29, 1.82) is 0 Å². The van der Waals surface area contributed by atoms with Crippen LogP contribution in [0.4, 0.5) is 13.2 Å². The van der Waals surface area contributed by atoms with Crippen molar-refractivity contribution >= 4 is 0 Å². The van der Waals surface area contributed by atoms with Gasteiger partial charge in [-0.3, -0.25) is 4.90 Å². The molecule has 0 aliphatic carbocycles. The number of ether oxygens (including phenoxy) is 2. The zero-order valence-corrected chi connectivity index (χ0v) is 12.1. The standard InChI is InChI=1S/C15H20F3NO2/c1-20-14-6-2-5-13(15(16,17)18)12(14)4-3-7-19-8-10-21-11-9-19/h2,5-6H,3-4,7-11H2,1H3. The molecule has 1 aliphatic heterocycles. The second-order valence-electron chi connectivity index (χ2n) is 5.04. The van der Waals surface area contributed by atoms with Crippen LogP contribution >= 0.6 is 0 Å². The first-order chi connectivity index (χ1) is 10.0. The van der Waals surface area contributed by atoms with Crippen molar-refractivity contribution in [2.45, 2.75) is 19.0 Å². The molecule has 0 N–H and O–H groups in total. The summed E-state index contributed by atoms with van der Waals surface area (Å²) in [5.74, 6) is 0.312. The molecule has 3 nitrogen and oxygen atoms in total. The van der Waals surface area contributed by atoms with Crippen molar-refractivity contribution in [2.24, 2.45) is 0 Å². The molecule has 1 aromatic carbocycles. The van der Waals surface area contributed by atoms with Crippen LogP contribution in [0, 0.1) is 0 Å². The van der Waals surface area contributed by atoms with Gasteiger partial charge in [-0.25, -0.2) is 0 Å². The lowest BCUT2D eigenvalue weighted by molar-refractivity contribution is -0.138. The van der Waals surface area contributed by atoms with Gasteiger partial charge in [0.05, 0.1) is 25.9 Å². The number of morpholine rings is 1. The van der Waals surface area contributed by atoms with Gasteiger partial charge in [-0.1, -0.05) is 6.07 Å². The fourth-order valence-corrected chi connectivity index (χ4v) is 2.58. The molecule has 0 spiro atoms. The molecule has 1 fully saturated rings. The summed E-state index contributed by atoms with van der Waals surface area (Å²) in [5, 5.41) is 0. The lowest BCUT2D eigenvalue weighted by Crippen LogP contribution is -2.37. The minimum Gasteiger partial charge on any atom is -0.496 e. The highest BCUT2D eigenvalue weighted by molar-refractivity contribution is 5.42. The van der Waals surface area contributed by atoms with Crippen LogP contribution in [0.3, 0.4) is 0 Å². The average molecular weight is 303 g/mol. The van der Waals surface area contributed by atoms with Gasteiger partial charge in [-0.05, 0) is 31.5 Å². The molecule has 21 heavy (non-hydrogen) atoms. The zero-order valence-electron chi connectivity index (χ0n) is 12.1. The fourth-order valence-electron chi connectivity index (χ4n) is 2.58. The van der Waals surface area contributed by atoms with Gasteiger partial charge >= 0.3 is 6.18 Å². The molecule has 1 heterocycles. The summed E-state index contributed by atoms with van der Waals surface area (Å²) in [6.07, 6.45) is -3.32. The Balaban J connectivity index is 2.03. The van der Waals surface area contributed by atoms with Crippen molar-refractivity contribution in [3.63, 3.8) is 0 Å². The van der Waals surface area contributed by atoms with E-state index >= 15 is 0 Å². The van der Waals surface area contributed by atoms with Crippen molar-refractivity contribution < 1.29 is 22.6 Å². The third kappa shape index (κ3) is 4.35. The van der Waals surface area contributed by atoms with E-state index in [0.717, 1.165) is 25.7 Å². The number of alkyl halides is 3. The van der Waals surface area contributed by atoms with Crippen LogP contribution in [0.5, 0.6) is 5.75 Å². The maximum atomic E-state index is 13.1. The predicted octanol–water partition coefficient (Wildman–Crippen LogP) is 2.98. The Hall–Kier alpha value is -1.27. The third-order valence-corrected chi connectivity index (χ3v) is 3.66. The number of halogens is 3. The normalized spacial score (nSPS) is 17.0. The Morgan fingerprint density at radius 2 is 1.95 bits per heavy atom. The highest BCUT2D eigenvalue weighted by Crippen LogP contribution is 2.36. The van der Waals surface area contributed by atoms with Crippen molar-refractivity contribution in [3.05, 3.63) is 29.3 Å². The minimum atomic E-state index is -4.34. The molecule has 0 unspecified atom stereocenters. The molecule has 0 aromatic heterocycles. The molecule has 6 heteroatoms. The Bertz CT molecular complexity index is 457. The second-order valence-corrected chi connectivity index (χ2v) is 5.04. The molecule has 0 saturated carbocycles. The molecule has 0 atom stereocenters. The Kier molecular flexibility index (Phi) is 5.47. The molecule has 1 saturated heterocycles. The smallest absolute Gasteiger partial charge is 0.416 e. The van der Waals surface area contributed by atoms with E-state index in [2.05, 4.69) is 4.90 Å². The molecule has 0 amide bonds. The highest BCUT2D eigenvalue weighted by Gasteiger charge is 2.34.